The van der Waals surface area contributed by atoms with Crippen LogP contribution in [0.3, 0.4) is 0 Å². The number of nitrogens with zero attached hydrogens (tertiary/aromatic N) is 1. The van der Waals surface area contributed by atoms with Crippen molar-refractivity contribution in [1.29, 1.82) is 0 Å². The summed E-state index contributed by atoms with van der Waals surface area (Å²) in [5.41, 5.74) is 1.97. The van der Waals surface area contributed by atoms with Crippen LogP contribution in [-0.2, 0) is 4.79 Å². The van der Waals surface area contributed by atoms with Gasteiger partial charge in [-0.2, -0.15) is 0 Å². The van der Waals surface area contributed by atoms with E-state index in [0.29, 0.717) is 23.7 Å². The van der Waals surface area contributed by atoms with Gasteiger partial charge in [0.25, 0.3) is 11.8 Å². The van der Waals surface area contributed by atoms with Crippen molar-refractivity contribution in [1.82, 2.24) is 0 Å². The molecule has 1 atom stereocenters. The van der Waals surface area contributed by atoms with E-state index in [4.69, 9.17) is 9.47 Å². The number of benzene rings is 3. The molecule has 0 saturated heterocycles. The third-order valence-corrected chi connectivity index (χ3v) is 5.12. The normalized spacial score (nSPS) is 15.0. The van der Waals surface area contributed by atoms with E-state index in [1.807, 2.05) is 31.2 Å². The first-order valence-corrected chi connectivity index (χ1v) is 10.3. The smallest absolute Gasteiger partial charge is 0.267 e. The summed E-state index contributed by atoms with van der Waals surface area (Å²) in [6.45, 7) is 4.26. The molecule has 6 nitrogen and oxygen atoms in total. The second-order valence-electron chi connectivity index (χ2n) is 7.53. The van der Waals surface area contributed by atoms with E-state index < -0.39 is 17.8 Å². The molecule has 7 heteroatoms. The maximum atomic E-state index is 13.9. The number of ether oxygens (including phenoxy) is 2. The lowest BCUT2D eigenvalue weighted by atomic mass is 10.1. The number of hydrogen-bond acceptors (Lipinski definition) is 4. The topological polar surface area (TPSA) is 67.9 Å². The van der Waals surface area contributed by atoms with Gasteiger partial charge < -0.3 is 19.7 Å². The van der Waals surface area contributed by atoms with E-state index in [0.717, 1.165) is 11.3 Å². The minimum Gasteiger partial charge on any atom is -0.492 e. The first-order chi connectivity index (χ1) is 15.4. The van der Waals surface area contributed by atoms with Crippen LogP contribution >= 0.6 is 0 Å². The van der Waals surface area contributed by atoms with Crippen molar-refractivity contribution in [2.24, 2.45) is 0 Å². The summed E-state index contributed by atoms with van der Waals surface area (Å²) >= 11 is 0. The molecule has 1 unspecified atom stereocenters. The Kier molecular flexibility index (Phi) is 6.07. The molecule has 0 fully saturated rings. The SMILES string of the molecule is Cc1cccc(OCCN2C(=O)C(C)Oc3ccc(NC(=O)c4ccccc4F)cc32)c1. The maximum absolute atomic E-state index is 13.9. The van der Waals surface area contributed by atoms with Crippen LogP contribution in [0.1, 0.15) is 22.8 Å². The van der Waals surface area contributed by atoms with Crippen molar-refractivity contribution >= 4 is 23.2 Å². The average molecular weight is 434 g/mol. The summed E-state index contributed by atoms with van der Waals surface area (Å²) in [5, 5.41) is 2.68. The van der Waals surface area contributed by atoms with Gasteiger partial charge in [0, 0.05) is 5.69 Å². The van der Waals surface area contributed by atoms with Crippen LogP contribution < -0.4 is 19.7 Å². The van der Waals surface area contributed by atoms with Gasteiger partial charge in [-0.15, -0.1) is 0 Å². The minimum atomic E-state index is -0.639. The molecule has 2 amide bonds. The van der Waals surface area contributed by atoms with Crippen molar-refractivity contribution in [3.8, 4) is 11.5 Å². The van der Waals surface area contributed by atoms with Crippen molar-refractivity contribution < 1.29 is 23.5 Å². The summed E-state index contributed by atoms with van der Waals surface area (Å²) < 4.78 is 25.5. The number of halogens is 1. The van der Waals surface area contributed by atoms with Crippen molar-refractivity contribution in [3.63, 3.8) is 0 Å². The van der Waals surface area contributed by atoms with Crippen LogP contribution in [0.4, 0.5) is 15.8 Å². The predicted octanol–water partition coefficient (Wildman–Crippen LogP) is 4.58. The Bertz CT molecular complexity index is 1160. The molecule has 3 aromatic carbocycles. The summed E-state index contributed by atoms with van der Waals surface area (Å²) in [5.74, 6) is -0.136. The number of hydrogen-bond donors (Lipinski definition) is 1. The second kappa shape index (κ2) is 9.09. The molecule has 0 bridgehead atoms. The quantitative estimate of drug-likeness (QED) is 0.617. The highest BCUT2D eigenvalue weighted by atomic mass is 19.1. The third kappa shape index (κ3) is 4.56. The Labute approximate surface area is 185 Å². The van der Waals surface area contributed by atoms with Gasteiger partial charge in [0.2, 0.25) is 0 Å². The molecule has 1 aliphatic rings. The number of carbonyl (C=O) groups excluding carboxylic acids is 2. The van der Waals surface area contributed by atoms with Crippen molar-refractivity contribution in [3.05, 3.63) is 83.7 Å². The highest BCUT2D eigenvalue weighted by Crippen LogP contribution is 2.36. The Balaban J connectivity index is 1.52. The molecule has 1 heterocycles. The van der Waals surface area contributed by atoms with Crippen LogP contribution in [0, 0.1) is 12.7 Å². The molecule has 1 N–H and O–H groups in total. The summed E-state index contributed by atoms with van der Waals surface area (Å²) in [6, 6.07) is 18.4. The lowest BCUT2D eigenvalue weighted by molar-refractivity contribution is -0.125. The molecule has 0 aromatic heterocycles. The molecule has 0 saturated carbocycles. The largest absolute Gasteiger partial charge is 0.492 e. The van der Waals surface area contributed by atoms with Gasteiger partial charge in [-0.25, -0.2) is 4.39 Å². The molecule has 164 valence electrons. The predicted molar refractivity (Wildman–Crippen MR) is 120 cm³/mol. The zero-order valence-corrected chi connectivity index (χ0v) is 17.8. The Morgan fingerprint density at radius 1 is 1.12 bits per heavy atom. The van der Waals surface area contributed by atoms with Gasteiger partial charge in [-0.3, -0.25) is 9.59 Å². The molecule has 3 aromatic rings. The van der Waals surface area contributed by atoms with Gasteiger partial charge in [-0.1, -0.05) is 24.3 Å². The van der Waals surface area contributed by atoms with Crippen LogP contribution in [0.5, 0.6) is 11.5 Å². The van der Waals surface area contributed by atoms with Crippen LogP contribution in [0.15, 0.2) is 66.7 Å². The van der Waals surface area contributed by atoms with Crippen molar-refractivity contribution in [2.45, 2.75) is 20.0 Å². The Hall–Kier alpha value is -3.87. The number of nitrogens with one attached hydrogen (secondary N) is 1. The number of fused-ring (bicyclic) bond motifs is 1. The fourth-order valence-electron chi connectivity index (χ4n) is 3.52. The van der Waals surface area contributed by atoms with E-state index in [-0.39, 0.29) is 18.1 Å². The Morgan fingerprint density at radius 3 is 2.72 bits per heavy atom. The van der Waals surface area contributed by atoms with Crippen LogP contribution in [0.2, 0.25) is 0 Å². The van der Waals surface area contributed by atoms with Gasteiger partial charge in [0.1, 0.15) is 23.9 Å². The van der Waals surface area contributed by atoms with Crippen molar-refractivity contribution in [2.75, 3.05) is 23.4 Å². The minimum absolute atomic E-state index is 0.0606. The fourth-order valence-corrected chi connectivity index (χ4v) is 3.52. The number of anilines is 2. The van der Waals surface area contributed by atoms with E-state index in [9.17, 15) is 14.0 Å². The van der Waals surface area contributed by atoms with E-state index in [1.165, 1.54) is 18.2 Å². The number of aryl methyl sites for hydroxylation is 1. The first kappa shape index (κ1) is 21.4. The standard InChI is InChI=1S/C25H23FN2O4/c1-16-6-5-7-19(14-16)31-13-12-28-22-15-18(10-11-23(22)32-17(2)25(28)30)27-24(29)20-8-3-4-9-21(20)26/h3-11,14-15,17H,12-13H2,1-2H3,(H,27,29). The van der Waals surface area contributed by atoms with E-state index in [2.05, 4.69) is 5.32 Å². The Morgan fingerprint density at radius 2 is 1.94 bits per heavy atom. The lowest BCUT2D eigenvalue weighted by Gasteiger charge is -2.33. The highest BCUT2D eigenvalue weighted by molar-refractivity contribution is 6.05. The summed E-state index contributed by atoms with van der Waals surface area (Å²) in [6.07, 6.45) is -0.639. The zero-order chi connectivity index (χ0) is 22.7. The first-order valence-electron chi connectivity index (χ1n) is 10.3. The van der Waals surface area contributed by atoms with Gasteiger partial charge >= 0.3 is 0 Å². The second-order valence-corrected chi connectivity index (χ2v) is 7.53. The lowest BCUT2D eigenvalue weighted by Crippen LogP contribution is -2.46. The molecule has 1 aliphatic heterocycles. The highest BCUT2D eigenvalue weighted by Gasteiger charge is 2.31. The molecule has 4 rings (SSSR count). The van der Waals surface area contributed by atoms with Gasteiger partial charge in [0.05, 0.1) is 17.8 Å². The molecule has 0 spiro atoms. The van der Waals surface area contributed by atoms with Gasteiger partial charge in [-0.05, 0) is 61.9 Å². The maximum Gasteiger partial charge on any atom is 0.267 e. The third-order valence-electron chi connectivity index (χ3n) is 5.12. The number of amides is 2. The molecule has 32 heavy (non-hydrogen) atoms. The molecule has 0 radical (unpaired) electrons. The monoisotopic (exact) mass is 434 g/mol. The van der Waals surface area contributed by atoms with E-state index >= 15 is 0 Å². The molecule has 0 aliphatic carbocycles. The number of rotatable bonds is 6. The number of carbonyl (C=O) groups is 2. The zero-order valence-electron chi connectivity index (χ0n) is 17.8. The summed E-state index contributed by atoms with van der Waals surface area (Å²) in [4.78, 5) is 26.8. The fraction of sp³-hybridized carbons (Fsp3) is 0.200. The molecular formula is C25H23FN2O4. The molecular weight excluding hydrogens is 411 g/mol. The van der Waals surface area contributed by atoms with Crippen LogP contribution in [0.25, 0.3) is 0 Å². The van der Waals surface area contributed by atoms with E-state index in [1.54, 1.807) is 36.1 Å². The summed E-state index contributed by atoms with van der Waals surface area (Å²) in [7, 11) is 0. The van der Waals surface area contributed by atoms with Gasteiger partial charge in [0.15, 0.2) is 6.10 Å². The van der Waals surface area contributed by atoms with Crippen LogP contribution in [-0.4, -0.2) is 31.1 Å². The average Bonchev–Trinajstić information content (AvgIpc) is 2.77.